The minimum absolute atomic E-state index is 0.649. The molecular formula is C33H35N2+. The summed E-state index contributed by atoms with van der Waals surface area (Å²) in [6.45, 7) is 9.23. The largest absolute Gasteiger partial charge is 0.307 e. The van der Waals surface area contributed by atoms with Crippen molar-refractivity contribution in [2.24, 2.45) is 13.0 Å². The Morgan fingerprint density at radius 1 is 0.914 bits per heavy atom. The third kappa shape index (κ3) is 2.92. The van der Waals surface area contributed by atoms with Crippen molar-refractivity contribution < 1.29 is 4.57 Å². The van der Waals surface area contributed by atoms with E-state index >= 15 is 0 Å². The van der Waals surface area contributed by atoms with Crippen LogP contribution < -0.4 is 4.57 Å². The van der Waals surface area contributed by atoms with E-state index in [0.29, 0.717) is 11.8 Å². The summed E-state index contributed by atoms with van der Waals surface area (Å²) < 4.78 is 4.98. The van der Waals surface area contributed by atoms with Crippen molar-refractivity contribution in [1.29, 1.82) is 0 Å². The fraction of sp³-hybridized carbons (Fsp3) is 0.364. The summed E-state index contributed by atoms with van der Waals surface area (Å²) in [5.74, 6) is 1.35. The number of nitrogens with zero attached hydrogens (tertiary/aromatic N) is 2. The van der Waals surface area contributed by atoms with Crippen molar-refractivity contribution in [3.8, 4) is 0 Å². The molecule has 3 heterocycles. The molecule has 0 spiro atoms. The minimum Gasteiger partial charge on any atom is -0.307 e. The summed E-state index contributed by atoms with van der Waals surface area (Å²) >= 11 is 0. The van der Waals surface area contributed by atoms with E-state index in [1.807, 2.05) is 0 Å². The van der Waals surface area contributed by atoms with Crippen LogP contribution in [0, 0.1) is 19.8 Å². The second kappa shape index (κ2) is 7.43. The SMILES string of the molecule is Cc1cc2c3ccc(CC(C)C)cc3n3c4cc(C5CCCC5)cc5cc[n+](C)c(c(c1C)c23)c54. The van der Waals surface area contributed by atoms with Crippen LogP contribution in [-0.2, 0) is 13.5 Å². The Labute approximate surface area is 207 Å². The van der Waals surface area contributed by atoms with E-state index in [1.165, 1.54) is 96.9 Å². The van der Waals surface area contributed by atoms with Gasteiger partial charge in [-0.15, -0.1) is 0 Å². The van der Waals surface area contributed by atoms with Gasteiger partial charge in [0.05, 0.1) is 27.3 Å². The second-order valence-corrected chi connectivity index (χ2v) is 11.6. The maximum Gasteiger partial charge on any atom is 0.224 e. The van der Waals surface area contributed by atoms with E-state index in [9.17, 15) is 0 Å². The van der Waals surface area contributed by atoms with Crippen LogP contribution in [0.1, 0.15) is 67.7 Å². The van der Waals surface area contributed by atoms with Crippen molar-refractivity contribution in [2.45, 2.75) is 65.7 Å². The Bertz CT molecular complexity index is 1780. The molecule has 176 valence electrons. The molecule has 2 nitrogen and oxygen atoms in total. The molecule has 1 aliphatic carbocycles. The van der Waals surface area contributed by atoms with E-state index < -0.39 is 0 Å². The molecule has 2 heteroatoms. The third-order valence-corrected chi connectivity index (χ3v) is 8.82. The number of aryl methyl sites for hydroxylation is 3. The molecule has 0 unspecified atom stereocenters. The van der Waals surface area contributed by atoms with Gasteiger partial charge in [-0.25, -0.2) is 4.57 Å². The standard InChI is InChI=1S/C33H35N2/c1-19(2)14-22-10-11-26-27-15-20(3)21(4)30-32(27)35(28(26)16-22)29-18-25(23-8-6-7-9-23)17-24-12-13-34(5)33(30)31(24)29/h10-13,15-19,23H,6-9,14H2,1-5H3/q+1. The van der Waals surface area contributed by atoms with Crippen LogP contribution in [-0.4, -0.2) is 4.40 Å². The number of benzene rings is 3. The summed E-state index contributed by atoms with van der Waals surface area (Å²) in [6, 6.07) is 17.0. The van der Waals surface area contributed by atoms with Crippen LogP contribution >= 0.6 is 0 Å². The fourth-order valence-corrected chi connectivity index (χ4v) is 7.07. The van der Waals surface area contributed by atoms with Gasteiger partial charge in [-0.2, -0.15) is 0 Å². The maximum absolute atomic E-state index is 2.63. The zero-order valence-corrected chi connectivity index (χ0v) is 21.7. The van der Waals surface area contributed by atoms with Crippen molar-refractivity contribution >= 4 is 49.0 Å². The van der Waals surface area contributed by atoms with Gasteiger partial charge in [0.25, 0.3) is 0 Å². The molecule has 3 aromatic heterocycles. The molecule has 3 aromatic carbocycles. The first-order chi connectivity index (χ1) is 16.9. The summed E-state index contributed by atoms with van der Waals surface area (Å²) in [6.07, 6.45) is 8.77. The number of fused-ring (bicyclic) bond motifs is 5. The summed E-state index contributed by atoms with van der Waals surface area (Å²) in [4.78, 5) is 0. The highest BCUT2D eigenvalue weighted by atomic mass is 15.0. The Hall–Kier alpha value is -3.13. The monoisotopic (exact) mass is 459 g/mol. The molecule has 35 heavy (non-hydrogen) atoms. The zero-order valence-electron chi connectivity index (χ0n) is 21.7. The van der Waals surface area contributed by atoms with E-state index in [0.717, 1.165) is 6.42 Å². The maximum atomic E-state index is 2.63. The molecule has 1 fully saturated rings. The molecule has 0 amide bonds. The van der Waals surface area contributed by atoms with Crippen LogP contribution in [0.2, 0.25) is 0 Å². The van der Waals surface area contributed by atoms with Crippen molar-refractivity contribution in [2.75, 3.05) is 0 Å². The van der Waals surface area contributed by atoms with Gasteiger partial charge < -0.3 is 4.40 Å². The molecule has 0 aliphatic heterocycles. The number of hydrogen-bond donors (Lipinski definition) is 0. The lowest BCUT2D eigenvalue weighted by molar-refractivity contribution is -0.643. The van der Waals surface area contributed by atoms with Crippen molar-refractivity contribution in [3.05, 3.63) is 70.9 Å². The highest BCUT2D eigenvalue weighted by Gasteiger charge is 2.26. The number of hydrogen-bond acceptors (Lipinski definition) is 0. The molecule has 6 aromatic rings. The quantitative estimate of drug-likeness (QED) is 0.143. The first-order valence-electron chi connectivity index (χ1n) is 13.5. The van der Waals surface area contributed by atoms with Gasteiger partial charge in [0.1, 0.15) is 7.05 Å². The predicted molar refractivity (Wildman–Crippen MR) is 149 cm³/mol. The third-order valence-electron chi connectivity index (χ3n) is 8.82. The Morgan fingerprint density at radius 2 is 1.71 bits per heavy atom. The van der Waals surface area contributed by atoms with Gasteiger partial charge in [0.15, 0.2) is 6.20 Å². The molecule has 0 N–H and O–H groups in total. The fourth-order valence-electron chi connectivity index (χ4n) is 7.07. The molecule has 1 aliphatic rings. The lowest BCUT2D eigenvalue weighted by atomic mass is 9.92. The van der Waals surface area contributed by atoms with Gasteiger partial charge in [-0.1, -0.05) is 44.9 Å². The Kier molecular flexibility index (Phi) is 4.50. The summed E-state index contributed by atoms with van der Waals surface area (Å²) in [7, 11) is 2.22. The molecular weight excluding hydrogens is 424 g/mol. The normalized spacial score (nSPS) is 15.4. The summed E-state index contributed by atoms with van der Waals surface area (Å²) in [5, 5.41) is 6.98. The van der Waals surface area contributed by atoms with Crippen LogP contribution in [0.3, 0.4) is 0 Å². The van der Waals surface area contributed by atoms with Crippen LogP contribution in [0.4, 0.5) is 0 Å². The smallest absolute Gasteiger partial charge is 0.224 e. The van der Waals surface area contributed by atoms with Gasteiger partial charge in [0, 0.05) is 16.8 Å². The zero-order chi connectivity index (χ0) is 24.0. The first-order valence-corrected chi connectivity index (χ1v) is 13.5. The molecule has 0 bridgehead atoms. The van der Waals surface area contributed by atoms with Crippen molar-refractivity contribution in [3.63, 3.8) is 0 Å². The number of rotatable bonds is 3. The number of pyridine rings is 2. The van der Waals surface area contributed by atoms with E-state index in [1.54, 1.807) is 0 Å². The van der Waals surface area contributed by atoms with Gasteiger partial charge in [-0.05, 0) is 90.8 Å². The van der Waals surface area contributed by atoms with Gasteiger partial charge in [-0.3, -0.25) is 0 Å². The average Bonchev–Trinajstić information content (AvgIpc) is 3.47. The highest BCUT2D eigenvalue weighted by molar-refractivity contribution is 6.26. The topological polar surface area (TPSA) is 8.29 Å². The van der Waals surface area contributed by atoms with E-state index in [4.69, 9.17) is 0 Å². The Morgan fingerprint density at radius 3 is 2.49 bits per heavy atom. The molecule has 7 rings (SSSR count). The summed E-state index contributed by atoms with van der Waals surface area (Å²) in [5.41, 5.74) is 11.3. The Balaban J connectivity index is 1.76. The lowest BCUT2D eigenvalue weighted by Gasteiger charge is -2.17. The van der Waals surface area contributed by atoms with Gasteiger partial charge >= 0.3 is 0 Å². The van der Waals surface area contributed by atoms with Crippen molar-refractivity contribution in [1.82, 2.24) is 4.40 Å². The molecule has 1 saturated carbocycles. The van der Waals surface area contributed by atoms with Crippen LogP contribution in [0.25, 0.3) is 49.0 Å². The predicted octanol–water partition coefficient (Wildman–Crippen LogP) is 8.29. The van der Waals surface area contributed by atoms with Gasteiger partial charge in [0.2, 0.25) is 5.52 Å². The van der Waals surface area contributed by atoms with Crippen LogP contribution in [0.15, 0.2) is 48.7 Å². The van der Waals surface area contributed by atoms with E-state index in [-0.39, 0.29) is 0 Å². The van der Waals surface area contributed by atoms with Crippen LogP contribution in [0.5, 0.6) is 0 Å². The molecule has 0 saturated heterocycles. The minimum atomic E-state index is 0.649. The lowest BCUT2D eigenvalue weighted by Crippen LogP contribution is -2.29. The highest BCUT2D eigenvalue weighted by Crippen LogP contribution is 2.44. The number of aromatic nitrogens is 2. The second-order valence-electron chi connectivity index (χ2n) is 11.6. The first kappa shape index (κ1) is 21.2. The average molecular weight is 460 g/mol. The molecule has 0 atom stereocenters. The molecule has 0 radical (unpaired) electrons. The van der Waals surface area contributed by atoms with E-state index in [2.05, 4.69) is 92.4 Å².